The van der Waals surface area contributed by atoms with Crippen LogP contribution in [0.15, 0.2) is 60.9 Å². The molecule has 0 unspecified atom stereocenters. The zero-order valence-electron chi connectivity index (χ0n) is 15.5. The summed E-state index contributed by atoms with van der Waals surface area (Å²) < 4.78 is 7.39. The van der Waals surface area contributed by atoms with E-state index in [0.29, 0.717) is 10.8 Å². The third kappa shape index (κ3) is 3.24. The van der Waals surface area contributed by atoms with E-state index in [0.717, 1.165) is 28.1 Å². The molecule has 0 aliphatic heterocycles. The molecule has 0 saturated carbocycles. The third-order valence-electron chi connectivity index (χ3n) is 4.80. The number of fused-ring (bicyclic) bond motifs is 1. The third-order valence-corrected chi connectivity index (χ3v) is 5.10. The van der Waals surface area contributed by atoms with Crippen molar-refractivity contribution >= 4 is 34.0 Å². The summed E-state index contributed by atoms with van der Waals surface area (Å²) in [5.41, 5.74) is 5.65. The van der Waals surface area contributed by atoms with E-state index < -0.39 is 0 Å². The maximum Gasteiger partial charge on any atom is 0.139 e. The highest BCUT2D eigenvalue weighted by Gasteiger charge is 2.10. The Balaban J connectivity index is 1.74. The van der Waals surface area contributed by atoms with Gasteiger partial charge in [-0.15, -0.1) is 0 Å². The van der Waals surface area contributed by atoms with Crippen molar-refractivity contribution in [2.24, 2.45) is 0 Å². The van der Waals surface area contributed by atoms with Gasteiger partial charge in [-0.05, 0) is 67.4 Å². The second-order valence-electron chi connectivity index (χ2n) is 6.52. The van der Waals surface area contributed by atoms with Crippen molar-refractivity contribution in [1.29, 1.82) is 0 Å². The van der Waals surface area contributed by atoms with Crippen LogP contribution in [0.2, 0.25) is 5.02 Å². The zero-order valence-corrected chi connectivity index (χ0v) is 16.2. The van der Waals surface area contributed by atoms with E-state index in [9.17, 15) is 0 Å². The molecule has 0 bridgehead atoms. The highest BCUT2D eigenvalue weighted by atomic mass is 35.5. The van der Waals surface area contributed by atoms with Gasteiger partial charge in [-0.2, -0.15) is 0 Å². The van der Waals surface area contributed by atoms with Crippen LogP contribution in [0, 0.1) is 13.8 Å². The van der Waals surface area contributed by atoms with E-state index in [1.807, 2.05) is 30.5 Å². The molecule has 0 aliphatic carbocycles. The number of hydrogen-bond donors (Lipinski definition) is 1. The first kappa shape index (κ1) is 17.4. The maximum atomic E-state index is 6.24. The number of aromatic nitrogens is 2. The summed E-state index contributed by atoms with van der Waals surface area (Å²) in [7, 11) is 1.60. The number of rotatable bonds is 4. The number of nitrogens with zero attached hydrogens (tertiary/aromatic N) is 2. The molecular weight excluding hydrogens is 358 g/mol. The normalized spacial score (nSPS) is 11.0. The SMILES string of the molecule is COc1ccc(Nc2nccc3c2ccn3-c2ccc(C)c(C)c2)cc1Cl. The average Bonchev–Trinajstić information content (AvgIpc) is 3.09. The monoisotopic (exact) mass is 377 g/mol. The van der Waals surface area contributed by atoms with Crippen LogP contribution in [-0.2, 0) is 0 Å². The Labute approximate surface area is 163 Å². The van der Waals surface area contributed by atoms with Gasteiger partial charge in [0.2, 0.25) is 0 Å². The van der Waals surface area contributed by atoms with Crippen LogP contribution in [0.1, 0.15) is 11.1 Å². The number of benzene rings is 2. The molecule has 0 atom stereocenters. The van der Waals surface area contributed by atoms with Gasteiger partial charge in [0.15, 0.2) is 0 Å². The predicted octanol–water partition coefficient (Wildman–Crippen LogP) is 6.05. The summed E-state index contributed by atoms with van der Waals surface area (Å²) in [6, 6.07) is 16.2. The molecule has 1 N–H and O–H groups in total. The first-order chi connectivity index (χ1) is 13.1. The standard InChI is InChI=1S/C22H20ClN3O/c1-14-4-6-17(12-15(14)2)26-11-9-18-20(26)8-10-24-22(18)25-16-5-7-21(27-3)19(23)13-16/h4-13H,1-3H3,(H,24,25). The lowest BCUT2D eigenvalue weighted by Crippen LogP contribution is -1.97. The van der Waals surface area contributed by atoms with Crippen LogP contribution in [0.25, 0.3) is 16.6 Å². The molecule has 136 valence electrons. The molecule has 4 rings (SSSR count). The lowest BCUT2D eigenvalue weighted by Gasteiger charge is -2.11. The van der Waals surface area contributed by atoms with Crippen molar-refractivity contribution in [3.05, 3.63) is 77.1 Å². The summed E-state index contributed by atoms with van der Waals surface area (Å²) in [5, 5.41) is 4.96. The Hall–Kier alpha value is -2.98. The fourth-order valence-corrected chi connectivity index (χ4v) is 3.41. The minimum Gasteiger partial charge on any atom is -0.495 e. The highest BCUT2D eigenvalue weighted by Crippen LogP contribution is 2.31. The molecule has 2 heterocycles. The number of hydrogen-bond acceptors (Lipinski definition) is 3. The van der Waals surface area contributed by atoms with Crippen molar-refractivity contribution in [2.75, 3.05) is 12.4 Å². The van der Waals surface area contributed by atoms with Gasteiger partial charge in [0.05, 0.1) is 17.6 Å². The van der Waals surface area contributed by atoms with Crippen molar-refractivity contribution in [1.82, 2.24) is 9.55 Å². The Morgan fingerprint density at radius 1 is 1.00 bits per heavy atom. The van der Waals surface area contributed by atoms with Gasteiger partial charge in [-0.25, -0.2) is 4.98 Å². The summed E-state index contributed by atoms with van der Waals surface area (Å²) >= 11 is 6.24. The smallest absolute Gasteiger partial charge is 0.139 e. The van der Waals surface area contributed by atoms with Crippen molar-refractivity contribution < 1.29 is 4.74 Å². The molecule has 27 heavy (non-hydrogen) atoms. The fraction of sp³-hybridized carbons (Fsp3) is 0.136. The quantitative estimate of drug-likeness (QED) is 0.470. The molecule has 4 aromatic rings. The molecular formula is C22H20ClN3O. The maximum absolute atomic E-state index is 6.24. The minimum atomic E-state index is 0.558. The minimum absolute atomic E-state index is 0.558. The van der Waals surface area contributed by atoms with Gasteiger partial charge in [0, 0.05) is 29.2 Å². The Bertz CT molecular complexity index is 1130. The van der Waals surface area contributed by atoms with E-state index in [2.05, 4.69) is 59.2 Å². The number of ether oxygens (including phenoxy) is 1. The average molecular weight is 378 g/mol. The van der Waals surface area contributed by atoms with Crippen molar-refractivity contribution in [3.63, 3.8) is 0 Å². The van der Waals surface area contributed by atoms with Gasteiger partial charge in [0.1, 0.15) is 11.6 Å². The molecule has 2 aromatic heterocycles. The molecule has 2 aromatic carbocycles. The Morgan fingerprint density at radius 2 is 1.85 bits per heavy atom. The Morgan fingerprint density at radius 3 is 2.59 bits per heavy atom. The predicted molar refractivity (Wildman–Crippen MR) is 112 cm³/mol. The zero-order chi connectivity index (χ0) is 19.0. The van der Waals surface area contributed by atoms with E-state index >= 15 is 0 Å². The van der Waals surface area contributed by atoms with E-state index in [4.69, 9.17) is 16.3 Å². The lowest BCUT2D eigenvalue weighted by molar-refractivity contribution is 0.415. The number of anilines is 2. The summed E-state index contributed by atoms with van der Waals surface area (Å²) in [4.78, 5) is 4.51. The largest absolute Gasteiger partial charge is 0.495 e. The highest BCUT2D eigenvalue weighted by molar-refractivity contribution is 6.32. The number of methoxy groups -OCH3 is 1. The summed E-state index contributed by atoms with van der Waals surface area (Å²) in [6.45, 7) is 4.26. The number of nitrogens with one attached hydrogen (secondary N) is 1. The van der Waals surface area contributed by atoms with E-state index in [1.54, 1.807) is 7.11 Å². The fourth-order valence-electron chi connectivity index (χ4n) is 3.15. The van der Waals surface area contributed by atoms with Gasteiger partial charge in [0.25, 0.3) is 0 Å². The first-order valence-corrected chi connectivity index (χ1v) is 9.09. The van der Waals surface area contributed by atoms with Crippen LogP contribution in [0.4, 0.5) is 11.5 Å². The van der Waals surface area contributed by atoms with Crippen molar-refractivity contribution in [2.45, 2.75) is 13.8 Å². The van der Waals surface area contributed by atoms with Gasteiger partial charge in [-0.3, -0.25) is 0 Å². The number of halogens is 1. The molecule has 0 radical (unpaired) electrons. The molecule has 0 spiro atoms. The molecule has 0 fully saturated rings. The second kappa shape index (κ2) is 6.97. The van der Waals surface area contributed by atoms with Crippen LogP contribution in [0.3, 0.4) is 0 Å². The second-order valence-corrected chi connectivity index (χ2v) is 6.93. The number of pyridine rings is 1. The number of aryl methyl sites for hydroxylation is 2. The Kier molecular flexibility index (Phi) is 4.50. The van der Waals surface area contributed by atoms with Gasteiger partial charge >= 0.3 is 0 Å². The van der Waals surface area contributed by atoms with Gasteiger partial charge < -0.3 is 14.6 Å². The lowest BCUT2D eigenvalue weighted by atomic mass is 10.1. The topological polar surface area (TPSA) is 39.1 Å². The molecule has 5 heteroatoms. The van der Waals surface area contributed by atoms with Crippen molar-refractivity contribution in [3.8, 4) is 11.4 Å². The van der Waals surface area contributed by atoms with Gasteiger partial charge in [-0.1, -0.05) is 17.7 Å². The van der Waals surface area contributed by atoms with Crippen LogP contribution >= 0.6 is 11.6 Å². The molecule has 0 aliphatic rings. The summed E-state index contributed by atoms with van der Waals surface area (Å²) in [6.07, 6.45) is 3.88. The van der Waals surface area contributed by atoms with E-state index in [-0.39, 0.29) is 0 Å². The van der Waals surface area contributed by atoms with Crippen LogP contribution in [0.5, 0.6) is 5.75 Å². The molecule has 4 nitrogen and oxygen atoms in total. The van der Waals surface area contributed by atoms with Crippen LogP contribution in [-0.4, -0.2) is 16.7 Å². The summed E-state index contributed by atoms with van der Waals surface area (Å²) in [5.74, 6) is 1.44. The molecule has 0 amide bonds. The molecule has 0 saturated heterocycles. The van der Waals surface area contributed by atoms with Crippen LogP contribution < -0.4 is 10.1 Å². The first-order valence-electron chi connectivity index (χ1n) is 8.71. The van der Waals surface area contributed by atoms with E-state index in [1.165, 1.54) is 11.1 Å².